The summed E-state index contributed by atoms with van der Waals surface area (Å²) in [6.45, 7) is 4.29. The fourth-order valence-electron chi connectivity index (χ4n) is 2.99. The molecule has 0 saturated heterocycles. The monoisotopic (exact) mass is 291 g/mol. The van der Waals surface area contributed by atoms with E-state index in [4.69, 9.17) is 15.2 Å². The topological polar surface area (TPSA) is 61.5 Å². The van der Waals surface area contributed by atoms with Crippen LogP contribution in [-0.4, -0.2) is 24.7 Å². The molecule has 1 aliphatic carbocycles. The summed E-state index contributed by atoms with van der Waals surface area (Å²) < 4.78 is 11.0. The van der Waals surface area contributed by atoms with E-state index in [1.54, 1.807) is 0 Å². The molecular formula is C17H25NO3. The third-order valence-corrected chi connectivity index (χ3v) is 4.17. The van der Waals surface area contributed by atoms with Crippen LogP contribution in [0.15, 0.2) is 24.3 Å². The quantitative estimate of drug-likeness (QED) is 0.866. The lowest BCUT2D eigenvalue weighted by Gasteiger charge is -2.35. The number of nitrogens with two attached hydrogens (primary N) is 1. The fraction of sp³-hybridized carbons (Fsp3) is 0.588. The van der Waals surface area contributed by atoms with Gasteiger partial charge in [0.25, 0.3) is 0 Å². The second-order valence-electron chi connectivity index (χ2n) is 6.18. The van der Waals surface area contributed by atoms with Crippen molar-refractivity contribution >= 4 is 5.97 Å². The van der Waals surface area contributed by atoms with Crippen LogP contribution < -0.4 is 10.5 Å². The van der Waals surface area contributed by atoms with Gasteiger partial charge < -0.3 is 15.2 Å². The molecule has 1 aliphatic rings. The number of carbonyl (C=O) groups excluding carboxylic acids is 1. The van der Waals surface area contributed by atoms with Crippen molar-refractivity contribution in [1.82, 2.24) is 0 Å². The van der Waals surface area contributed by atoms with Crippen molar-refractivity contribution in [2.75, 3.05) is 7.11 Å². The minimum atomic E-state index is -0.912. The highest BCUT2D eigenvalue weighted by Gasteiger charge is 2.41. The first-order chi connectivity index (χ1) is 9.96. The van der Waals surface area contributed by atoms with Gasteiger partial charge in [0.05, 0.1) is 7.11 Å². The molecule has 1 aromatic carbocycles. The molecule has 2 atom stereocenters. The number of hydrogen-bond donors (Lipinski definition) is 1. The van der Waals surface area contributed by atoms with Crippen LogP contribution in [0.3, 0.4) is 0 Å². The van der Waals surface area contributed by atoms with E-state index in [1.807, 2.05) is 18.2 Å². The molecule has 21 heavy (non-hydrogen) atoms. The molecular weight excluding hydrogens is 266 g/mol. The number of hydrogen-bond acceptors (Lipinski definition) is 4. The molecule has 2 rings (SSSR count). The van der Waals surface area contributed by atoms with Gasteiger partial charge in [-0.1, -0.05) is 32.0 Å². The van der Waals surface area contributed by atoms with Crippen LogP contribution in [0, 0.1) is 0 Å². The number of methoxy groups -OCH3 is 1. The van der Waals surface area contributed by atoms with Gasteiger partial charge in [-0.05, 0) is 36.8 Å². The van der Waals surface area contributed by atoms with E-state index in [9.17, 15) is 4.79 Å². The maximum absolute atomic E-state index is 11.9. The Morgan fingerprint density at radius 1 is 1.38 bits per heavy atom. The molecule has 0 amide bonds. The molecule has 2 N–H and O–H groups in total. The molecule has 2 unspecified atom stereocenters. The molecule has 1 aromatic rings. The molecule has 0 heterocycles. The van der Waals surface area contributed by atoms with Crippen LogP contribution in [-0.2, 0) is 9.53 Å². The van der Waals surface area contributed by atoms with Crippen molar-refractivity contribution in [3.05, 3.63) is 29.8 Å². The van der Waals surface area contributed by atoms with Crippen molar-refractivity contribution in [2.24, 2.45) is 5.73 Å². The van der Waals surface area contributed by atoms with Gasteiger partial charge in [-0.2, -0.15) is 0 Å². The molecule has 4 nitrogen and oxygen atoms in total. The predicted molar refractivity (Wildman–Crippen MR) is 82.3 cm³/mol. The molecule has 116 valence electrons. The Bertz CT molecular complexity index is 501. The summed E-state index contributed by atoms with van der Waals surface area (Å²) in [7, 11) is 1.38. The van der Waals surface area contributed by atoms with Crippen LogP contribution in [0.25, 0.3) is 0 Å². The lowest BCUT2D eigenvalue weighted by molar-refractivity contribution is -0.149. The molecule has 0 radical (unpaired) electrons. The van der Waals surface area contributed by atoms with Gasteiger partial charge in [0.1, 0.15) is 17.4 Å². The van der Waals surface area contributed by atoms with Gasteiger partial charge >= 0.3 is 5.97 Å². The van der Waals surface area contributed by atoms with Gasteiger partial charge in [-0.15, -0.1) is 0 Å². The van der Waals surface area contributed by atoms with E-state index >= 15 is 0 Å². The average molecular weight is 291 g/mol. The fourth-order valence-corrected chi connectivity index (χ4v) is 2.99. The summed E-state index contributed by atoms with van der Waals surface area (Å²) in [5.41, 5.74) is 6.47. The Hall–Kier alpha value is -1.55. The molecule has 1 fully saturated rings. The molecule has 0 bridgehead atoms. The zero-order valence-corrected chi connectivity index (χ0v) is 13.1. The molecule has 1 saturated carbocycles. The third-order valence-electron chi connectivity index (χ3n) is 4.17. The minimum Gasteiger partial charge on any atom is -0.490 e. The zero-order chi connectivity index (χ0) is 15.5. The number of carbonyl (C=O) groups is 1. The molecule has 0 spiro atoms. The van der Waals surface area contributed by atoms with Crippen molar-refractivity contribution in [2.45, 2.75) is 57.1 Å². The first kappa shape index (κ1) is 15.8. The summed E-state index contributed by atoms with van der Waals surface area (Å²) in [6, 6.07) is 8.06. The first-order valence-electron chi connectivity index (χ1n) is 7.59. The van der Waals surface area contributed by atoms with Crippen LogP contribution in [0.2, 0.25) is 0 Å². The Morgan fingerprint density at radius 3 is 2.76 bits per heavy atom. The number of benzene rings is 1. The molecule has 4 heteroatoms. The van der Waals surface area contributed by atoms with E-state index in [-0.39, 0.29) is 12.1 Å². The standard InChI is InChI=1S/C17H25NO3/c1-12(2)14-8-4-5-9-15(14)21-13-7-6-10-17(18,11-13)16(19)20-3/h4-5,8-9,12-13H,6-7,10-11,18H2,1-3H3. The SMILES string of the molecule is COC(=O)C1(N)CCCC(Oc2ccccc2C(C)C)C1. The Balaban J connectivity index is 2.12. The first-order valence-corrected chi connectivity index (χ1v) is 7.59. The van der Waals surface area contributed by atoms with Gasteiger partial charge in [0.2, 0.25) is 0 Å². The highest BCUT2D eigenvalue weighted by molar-refractivity contribution is 5.80. The second kappa shape index (κ2) is 6.48. The largest absolute Gasteiger partial charge is 0.490 e. The van der Waals surface area contributed by atoms with Gasteiger partial charge in [-0.25, -0.2) is 0 Å². The van der Waals surface area contributed by atoms with Gasteiger partial charge in [-0.3, -0.25) is 4.79 Å². The number of ether oxygens (including phenoxy) is 2. The zero-order valence-electron chi connectivity index (χ0n) is 13.1. The highest BCUT2D eigenvalue weighted by atomic mass is 16.5. The summed E-state index contributed by atoms with van der Waals surface area (Å²) in [5.74, 6) is 0.951. The van der Waals surface area contributed by atoms with Crippen LogP contribution in [0.5, 0.6) is 5.75 Å². The lowest BCUT2D eigenvalue weighted by atomic mass is 9.81. The van der Waals surface area contributed by atoms with Crippen molar-refractivity contribution < 1.29 is 14.3 Å². The van der Waals surface area contributed by atoms with E-state index in [0.717, 1.165) is 18.6 Å². The molecule has 0 aromatic heterocycles. The Labute approximate surface area is 126 Å². The van der Waals surface area contributed by atoms with E-state index in [2.05, 4.69) is 19.9 Å². The smallest absolute Gasteiger partial charge is 0.325 e. The summed E-state index contributed by atoms with van der Waals surface area (Å²) in [5, 5.41) is 0. The summed E-state index contributed by atoms with van der Waals surface area (Å²) in [6.07, 6.45) is 2.92. The van der Waals surface area contributed by atoms with Gasteiger partial charge in [0.15, 0.2) is 0 Å². The Kier molecular flexibility index (Phi) is 4.88. The third kappa shape index (κ3) is 3.56. The van der Waals surface area contributed by atoms with Crippen LogP contribution in [0.4, 0.5) is 0 Å². The maximum atomic E-state index is 11.9. The predicted octanol–water partition coefficient (Wildman–Crippen LogP) is 3.00. The van der Waals surface area contributed by atoms with E-state index < -0.39 is 5.54 Å². The minimum absolute atomic E-state index is 0.0391. The number of rotatable bonds is 4. The Morgan fingerprint density at radius 2 is 2.10 bits per heavy atom. The van der Waals surface area contributed by atoms with Crippen LogP contribution in [0.1, 0.15) is 51.0 Å². The average Bonchev–Trinajstić information content (AvgIpc) is 2.46. The van der Waals surface area contributed by atoms with Crippen LogP contribution >= 0.6 is 0 Å². The highest BCUT2D eigenvalue weighted by Crippen LogP contribution is 2.33. The lowest BCUT2D eigenvalue weighted by Crippen LogP contribution is -2.54. The van der Waals surface area contributed by atoms with Crippen molar-refractivity contribution in [3.8, 4) is 5.75 Å². The second-order valence-corrected chi connectivity index (χ2v) is 6.18. The summed E-state index contributed by atoms with van der Waals surface area (Å²) in [4.78, 5) is 11.9. The normalized spacial score (nSPS) is 25.7. The van der Waals surface area contributed by atoms with E-state index in [0.29, 0.717) is 18.8 Å². The maximum Gasteiger partial charge on any atom is 0.325 e. The summed E-state index contributed by atoms with van der Waals surface area (Å²) >= 11 is 0. The number of esters is 1. The number of para-hydroxylation sites is 1. The van der Waals surface area contributed by atoms with Gasteiger partial charge in [0, 0.05) is 6.42 Å². The molecule has 0 aliphatic heterocycles. The van der Waals surface area contributed by atoms with E-state index in [1.165, 1.54) is 12.7 Å². The van der Waals surface area contributed by atoms with Crippen molar-refractivity contribution in [1.29, 1.82) is 0 Å². The van der Waals surface area contributed by atoms with Crippen molar-refractivity contribution in [3.63, 3.8) is 0 Å².